The lowest BCUT2D eigenvalue weighted by Crippen LogP contribution is -2.59. The van der Waals surface area contributed by atoms with Gasteiger partial charge >= 0.3 is 0 Å². The Labute approximate surface area is 134 Å². The average Bonchev–Trinajstić information content (AvgIpc) is 2.81. The minimum Gasteiger partial charge on any atom is -0.341 e. The third-order valence-corrected chi connectivity index (χ3v) is 7.11. The van der Waals surface area contributed by atoms with Gasteiger partial charge in [0.25, 0.3) is 0 Å². The maximum Gasteiger partial charge on any atom is 0.244 e. The van der Waals surface area contributed by atoms with Gasteiger partial charge in [0.1, 0.15) is 0 Å². The molecule has 0 radical (unpaired) electrons. The number of nitrogens with two attached hydrogens (primary N) is 1. The van der Waals surface area contributed by atoms with Gasteiger partial charge in [-0.25, -0.2) is 8.42 Å². The second-order valence-electron chi connectivity index (χ2n) is 7.08. The molecule has 0 aromatic carbocycles. The lowest BCUT2D eigenvalue weighted by molar-refractivity contribution is -0.137. The van der Waals surface area contributed by atoms with Gasteiger partial charge in [0.15, 0.2) is 14.6 Å². The fourth-order valence-corrected chi connectivity index (χ4v) is 5.00. The molecule has 1 unspecified atom stereocenters. The van der Waals surface area contributed by atoms with E-state index in [2.05, 4.69) is 0 Å². The first-order valence-corrected chi connectivity index (χ1v) is 9.24. The van der Waals surface area contributed by atoms with Crippen LogP contribution in [0.2, 0.25) is 0 Å². The fourth-order valence-electron chi connectivity index (χ4n) is 3.52. The first-order chi connectivity index (χ1) is 9.10. The van der Waals surface area contributed by atoms with E-state index in [1.807, 2.05) is 13.8 Å². The van der Waals surface area contributed by atoms with Gasteiger partial charge in [0.2, 0.25) is 5.91 Å². The zero-order valence-electron chi connectivity index (χ0n) is 13.1. The molecule has 21 heavy (non-hydrogen) atoms. The molecule has 7 heteroatoms. The quantitative estimate of drug-likeness (QED) is 0.824. The predicted molar refractivity (Wildman–Crippen MR) is 86.2 cm³/mol. The van der Waals surface area contributed by atoms with Crippen LogP contribution in [0.4, 0.5) is 0 Å². The minimum atomic E-state index is -3.39. The molecule has 1 saturated carbocycles. The van der Waals surface area contributed by atoms with Gasteiger partial charge in [-0.15, -0.1) is 12.4 Å². The molecule has 1 aliphatic heterocycles. The van der Waals surface area contributed by atoms with Crippen molar-refractivity contribution in [2.75, 3.05) is 19.3 Å². The van der Waals surface area contributed by atoms with Crippen molar-refractivity contribution in [1.82, 2.24) is 4.90 Å². The van der Waals surface area contributed by atoms with E-state index in [9.17, 15) is 13.2 Å². The lowest BCUT2D eigenvalue weighted by Gasteiger charge is -2.45. The van der Waals surface area contributed by atoms with Crippen molar-refractivity contribution in [2.45, 2.75) is 56.7 Å². The van der Waals surface area contributed by atoms with Gasteiger partial charge < -0.3 is 10.6 Å². The van der Waals surface area contributed by atoms with Crippen LogP contribution in [-0.2, 0) is 14.6 Å². The predicted octanol–water partition coefficient (Wildman–Crippen LogP) is 1.35. The number of halogens is 1. The summed E-state index contributed by atoms with van der Waals surface area (Å²) in [4.78, 5) is 14.6. The summed E-state index contributed by atoms with van der Waals surface area (Å²) in [5.74, 6) is -0.197. The Bertz CT molecular complexity index is 498. The fraction of sp³-hybridized carbons (Fsp3) is 0.929. The number of piperidine rings is 1. The number of hydrogen-bond donors (Lipinski definition) is 1. The highest BCUT2D eigenvalue weighted by molar-refractivity contribution is 7.92. The topological polar surface area (TPSA) is 80.5 Å². The molecule has 0 bridgehead atoms. The van der Waals surface area contributed by atoms with E-state index < -0.39 is 14.6 Å². The van der Waals surface area contributed by atoms with Gasteiger partial charge in [-0.2, -0.15) is 0 Å². The summed E-state index contributed by atoms with van der Waals surface area (Å²) in [6.07, 6.45) is 4.50. The largest absolute Gasteiger partial charge is 0.341 e. The average molecular weight is 339 g/mol. The first-order valence-electron chi connectivity index (χ1n) is 7.35. The van der Waals surface area contributed by atoms with E-state index >= 15 is 0 Å². The molecule has 124 valence electrons. The number of likely N-dealkylation sites (tertiary alicyclic amines) is 1. The molecule has 1 aliphatic carbocycles. The zero-order valence-corrected chi connectivity index (χ0v) is 14.7. The summed E-state index contributed by atoms with van der Waals surface area (Å²) in [5.41, 5.74) is 5.93. The van der Waals surface area contributed by atoms with Gasteiger partial charge in [0, 0.05) is 25.4 Å². The van der Waals surface area contributed by atoms with Crippen molar-refractivity contribution in [3.05, 3.63) is 0 Å². The van der Waals surface area contributed by atoms with E-state index in [0.29, 0.717) is 25.9 Å². The van der Waals surface area contributed by atoms with Crippen LogP contribution in [0.3, 0.4) is 0 Å². The summed E-state index contributed by atoms with van der Waals surface area (Å²) >= 11 is 0. The number of nitrogens with zero attached hydrogens (tertiary/aromatic N) is 1. The Morgan fingerprint density at radius 2 is 1.76 bits per heavy atom. The summed E-state index contributed by atoms with van der Waals surface area (Å²) in [5, 5.41) is 0. The van der Waals surface area contributed by atoms with Gasteiger partial charge in [-0.3, -0.25) is 4.79 Å². The lowest BCUT2D eigenvalue weighted by atomic mass is 9.79. The molecule has 1 saturated heterocycles. The van der Waals surface area contributed by atoms with Crippen molar-refractivity contribution in [3.63, 3.8) is 0 Å². The number of hydrogen-bond acceptors (Lipinski definition) is 4. The number of sulfone groups is 1. The molecular formula is C14H27ClN2O3S. The Kier molecular flexibility index (Phi) is 5.39. The van der Waals surface area contributed by atoms with E-state index in [-0.39, 0.29) is 29.8 Å². The van der Waals surface area contributed by atoms with Gasteiger partial charge in [0.05, 0.1) is 0 Å². The smallest absolute Gasteiger partial charge is 0.244 e. The number of rotatable bonds is 2. The van der Waals surface area contributed by atoms with Crippen molar-refractivity contribution in [1.29, 1.82) is 0 Å². The number of amides is 1. The van der Waals surface area contributed by atoms with Crippen LogP contribution in [0.5, 0.6) is 0 Å². The molecule has 5 nitrogen and oxygen atoms in total. The number of carbonyl (C=O) groups is 1. The molecule has 1 amide bonds. The summed E-state index contributed by atoms with van der Waals surface area (Å²) in [7, 11) is -3.39. The van der Waals surface area contributed by atoms with Crippen molar-refractivity contribution >= 4 is 28.2 Å². The minimum absolute atomic E-state index is 0. The Morgan fingerprint density at radius 1 is 1.24 bits per heavy atom. The maximum atomic E-state index is 12.9. The summed E-state index contributed by atoms with van der Waals surface area (Å²) in [6.45, 7) is 5.20. The summed E-state index contributed by atoms with van der Waals surface area (Å²) < 4.78 is 23.2. The zero-order chi connectivity index (χ0) is 15.2. The Morgan fingerprint density at radius 3 is 2.19 bits per heavy atom. The van der Waals surface area contributed by atoms with Crippen LogP contribution in [-0.4, -0.2) is 49.4 Å². The van der Waals surface area contributed by atoms with E-state index in [1.54, 1.807) is 4.90 Å². The molecule has 0 spiro atoms. The van der Waals surface area contributed by atoms with Crippen LogP contribution in [0.15, 0.2) is 0 Å². The van der Waals surface area contributed by atoms with E-state index in [0.717, 1.165) is 19.3 Å². The third-order valence-electron chi connectivity index (χ3n) is 5.11. The Hall–Kier alpha value is -0.330. The highest BCUT2D eigenvalue weighted by atomic mass is 35.5. The second kappa shape index (κ2) is 6.05. The highest BCUT2D eigenvalue weighted by Crippen LogP contribution is 2.40. The van der Waals surface area contributed by atoms with Crippen LogP contribution < -0.4 is 5.73 Å². The van der Waals surface area contributed by atoms with Gasteiger partial charge in [-0.05, 0) is 24.7 Å². The maximum absolute atomic E-state index is 12.9. The molecule has 1 atom stereocenters. The van der Waals surface area contributed by atoms with Crippen LogP contribution in [0.25, 0.3) is 0 Å². The molecular weight excluding hydrogens is 312 g/mol. The molecule has 2 aliphatic rings. The van der Waals surface area contributed by atoms with E-state index in [4.69, 9.17) is 5.73 Å². The molecule has 1 heterocycles. The normalized spacial score (nSPS) is 28.0. The highest BCUT2D eigenvalue weighted by Gasteiger charge is 2.53. The molecule has 2 rings (SSSR count). The third kappa shape index (κ3) is 3.22. The molecule has 2 N–H and O–H groups in total. The van der Waals surface area contributed by atoms with Crippen molar-refractivity contribution in [2.24, 2.45) is 11.1 Å². The SMILES string of the molecule is CC1(C)CN(C(=O)C2(S(C)(=O)=O)CCCC2)CCC1N.Cl. The number of carbonyl (C=O) groups excluding carboxylic acids is 1. The standard InChI is InChI=1S/C14H26N2O3S.ClH/c1-13(2)10-16(9-6-11(13)15)12(17)14(20(3,18)19)7-4-5-8-14;/h11H,4-10,15H2,1-3H3;1H. The van der Waals surface area contributed by atoms with Crippen LogP contribution in [0, 0.1) is 5.41 Å². The Balaban J connectivity index is 0.00000220. The van der Waals surface area contributed by atoms with E-state index in [1.165, 1.54) is 6.26 Å². The second-order valence-corrected chi connectivity index (χ2v) is 9.41. The van der Waals surface area contributed by atoms with Crippen molar-refractivity contribution < 1.29 is 13.2 Å². The van der Waals surface area contributed by atoms with Crippen LogP contribution >= 0.6 is 12.4 Å². The van der Waals surface area contributed by atoms with Crippen molar-refractivity contribution in [3.8, 4) is 0 Å². The van der Waals surface area contributed by atoms with Gasteiger partial charge in [-0.1, -0.05) is 26.7 Å². The molecule has 0 aromatic rings. The molecule has 2 fully saturated rings. The summed E-state index contributed by atoms with van der Waals surface area (Å²) in [6, 6.07) is 0.0595. The first kappa shape index (κ1) is 18.7. The van der Waals surface area contributed by atoms with Crippen LogP contribution in [0.1, 0.15) is 46.0 Å². The molecule has 0 aromatic heterocycles. The monoisotopic (exact) mass is 338 g/mol.